The van der Waals surface area contributed by atoms with Gasteiger partial charge in [0.25, 0.3) is 0 Å². The van der Waals surface area contributed by atoms with Gasteiger partial charge in [0, 0.05) is 0 Å². The molecule has 1 atom stereocenters. The first-order valence-corrected chi connectivity index (χ1v) is 9.59. The van der Waals surface area contributed by atoms with Gasteiger partial charge in [0.2, 0.25) is 0 Å². The minimum atomic E-state index is -0.0382. The third-order valence-corrected chi connectivity index (χ3v) is 7.25. The first-order chi connectivity index (χ1) is 9.86. The Bertz CT molecular complexity index is 541. The Morgan fingerprint density at radius 1 is 0.800 bits per heavy atom. The van der Waals surface area contributed by atoms with Crippen LogP contribution < -0.4 is 5.30 Å². The summed E-state index contributed by atoms with van der Waals surface area (Å²) in [6.45, 7) is 2.49. The van der Waals surface area contributed by atoms with E-state index < -0.39 is 0 Å². The largest absolute Gasteiger partial charge is 0.0746 e. The summed E-state index contributed by atoms with van der Waals surface area (Å²) in [4.78, 5) is 0. The highest BCUT2D eigenvalue weighted by molar-refractivity contribution is 7.65. The Labute approximate surface area is 124 Å². The normalized spacial score (nSPS) is 17.9. The number of hydrogen-bond donors (Lipinski definition) is 0. The van der Waals surface area contributed by atoms with Crippen LogP contribution in [0.5, 0.6) is 0 Å². The fraction of sp³-hybridized carbons (Fsp3) is 0.368. The monoisotopic (exact) mass is 282 g/mol. The average molecular weight is 282 g/mol. The summed E-state index contributed by atoms with van der Waals surface area (Å²) >= 11 is 0. The molecule has 2 aromatic rings. The molecule has 0 amide bonds. The van der Waals surface area contributed by atoms with Gasteiger partial charge in [0.1, 0.15) is 0 Å². The van der Waals surface area contributed by atoms with Crippen molar-refractivity contribution in [2.45, 2.75) is 37.8 Å². The highest BCUT2D eigenvalue weighted by Gasteiger charge is 2.22. The predicted octanol–water partition coefficient (Wildman–Crippen LogP) is 5.42. The van der Waals surface area contributed by atoms with Gasteiger partial charge in [0.15, 0.2) is 0 Å². The van der Waals surface area contributed by atoms with Gasteiger partial charge >= 0.3 is 0 Å². The highest BCUT2D eigenvalue weighted by Crippen LogP contribution is 2.45. The lowest BCUT2D eigenvalue weighted by Crippen LogP contribution is -2.17. The first-order valence-electron chi connectivity index (χ1n) is 7.73. The number of rotatable bonds is 3. The predicted molar refractivity (Wildman–Crippen MR) is 91.2 cm³/mol. The van der Waals surface area contributed by atoms with Crippen LogP contribution in [0.2, 0.25) is 0 Å². The molecule has 0 nitrogen and oxygen atoms in total. The summed E-state index contributed by atoms with van der Waals surface area (Å²) in [5, 5.41) is 1.60. The molecule has 1 aliphatic rings. The maximum atomic E-state index is 2.49. The van der Waals surface area contributed by atoms with E-state index in [1.807, 2.05) is 0 Å². The topological polar surface area (TPSA) is 0 Å². The Kier molecular flexibility index (Phi) is 4.53. The summed E-state index contributed by atoms with van der Waals surface area (Å²) in [5.74, 6) is 0. The molecule has 1 saturated carbocycles. The zero-order valence-corrected chi connectivity index (χ0v) is 13.2. The standard InChI is InChI=1S/C19H23P/c1-20(17-12-6-3-7-13-17)19-15-9-8-14-18(19)16-10-4-2-5-11-16/h2,4-5,8-11,14-15,17H,3,6-7,12-13H2,1H3/t20-/m1/s1. The van der Waals surface area contributed by atoms with Gasteiger partial charge < -0.3 is 0 Å². The van der Waals surface area contributed by atoms with Gasteiger partial charge in [-0.3, -0.25) is 0 Å². The van der Waals surface area contributed by atoms with Crippen LogP contribution >= 0.6 is 7.92 Å². The Hall–Kier alpha value is -1.13. The minimum absolute atomic E-state index is 0.0382. The lowest BCUT2D eigenvalue weighted by Gasteiger charge is -2.29. The van der Waals surface area contributed by atoms with Crippen molar-refractivity contribution >= 4 is 13.2 Å². The molecule has 0 N–H and O–H groups in total. The van der Waals surface area contributed by atoms with Crippen LogP contribution in [0.4, 0.5) is 0 Å². The van der Waals surface area contributed by atoms with Gasteiger partial charge in [-0.05, 0) is 41.6 Å². The molecule has 1 heteroatoms. The fourth-order valence-electron chi connectivity index (χ4n) is 3.31. The van der Waals surface area contributed by atoms with Crippen LogP contribution in [0.3, 0.4) is 0 Å². The van der Waals surface area contributed by atoms with Gasteiger partial charge in [-0.1, -0.05) is 81.8 Å². The molecule has 3 rings (SSSR count). The molecular weight excluding hydrogens is 259 g/mol. The molecule has 0 aliphatic heterocycles. The summed E-state index contributed by atoms with van der Waals surface area (Å²) in [6, 6.07) is 19.9. The van der Waals surface area contributed by atoms with E-state index in [-0.39, 0.29) is 7.92 Å². The Balaban J connectivity index is 1.93. The van der Waals surface area contributed by atoms with E-state index in [1.165, 1.54) is 43.2 Å². The van der Waals surface area contributed by atoms with Crippen molar-refractivity contribution in [3.8, 4) is 11.1 Å². The minimum Gasteiger partial charge on any atom is -0.0746 e. The Morgan fingerprint density at radius 3 is 2.20 bits per heavy atom. The zero-order valence-electron chi connectivity index (χ0n) is 12.3. The summed E-state index contributed by atoms with van der Waals surface area (Å²) < 4.78 is 0. The van der Waals surface area contributed by atoms with E-state index in [2.05, 4.69) is 61.3 Å². The number of benzene rings is 2. The maximum absolute atomic E-state index is 2.49. The van der Waals surface area contributed by atoms with Crippen LogP contribution in [0.15, 0.2) is 54.6 Å². The molecule has 20 heavy (non-hydrogen) atoms. The molecule has 0 saturated heterocycles. The first kappa shape index (κ1) is 13.8. The molecule has 2 aromatic carbocycles. The van der Waals surface area contributed by atoms with E-state index in [9.17, 15) is 0 Å². The highest BCUT2D eigenvalue weighted by atomic mass is 31.1. The van der Waals surface area contributed by atoms with Crippen LogP contribution in [0.1, 0.15) is 32.1 Å². The molecule has 0 unspecified atom stereocenters. The molecule has 1 aliphatic carbocycles. The lowest BCUT2D eigenvalue weighted by atomic mass is 10.0. The zero-order chi connectivity index (χ0) is 13.8. The molecule has 0 bridgehead atoms. The van der Waals surface area contributed by atoms with Crippen molar-refractivity contribution in [1.29, 1.82) is 0 Å². The second-order valence-electron chi connectivity index (χ2n) is 5.79. The van der Waals surface area contributed by atoms with Crippen LogP contribution in [-0.2, 0) is 0 Å². The second kappa shape index (κ2) is 6.55. The van der Waals surface area contributed by atoms with Gasteiger partial charge in [-0.25, -0.2) is 0 Å². The van der Waals surface area contributed by atoms with E-state index in [1.54, 1.807) is 5.30 Å². The van der Waals surface area contributed by atoms with E-state index in [4.69, 9.17) is 0 Å². The molecule has 104 valence electrons. The van der Waals surface area contributed by atoms with Gasteiger partial charge in [-0.2, -0.15) is 0 Å². The summed E-state index contributed by atoms with van der Waals surface area (Å²) in [7, 11) is -0.0382. The molecule has 0 heterocycles. The summed E-state index contributed by atoms with van der Waals surface area (Å²) in [5.41, 5.74) is 3.75. The van der Waals surface area contributed by atoms with Gasteiger partial charge in [-0.15, -0.1) is 0 Å². The molecular formula is C19H23P. The van der Waals surface area contributed by atoms with E-state index in [0.717, 1.165) is 5.66 Å². The van der Waals surface area contributed by atoms with Crippen molar-refractivity contribution < 1.29 is 0 Å². The number of hydrogen-bond acceptors (Lipinski definition) is 0. The lowest BCUT2D eigenvalue weighted by molar-refractivity contribution is 0.512. The van der Waals surface area contributed by atoms with Gasteiger partial charge in [0.05, 0.1) is 0 Å². The van der Waals surface area contributed by atoms with E-state index in [0.29, 0.717) is 0 Å². The maximum Gasteiger partial charge on any atom is -0.0107 e. The van der Waals surface area contributed by atoms with Crippen LogP contribution in [0, 0.1) is 0 Å². The third-order valence-electron chi connectivity index (χ3n) is 4.49. The summed E-state index contributed by atoms with van der Waals surface area (Å²) in [6.07, 6.45) is 7.19. The quantitative estimate of drug-likeness (QED) is 0.659. The van der Waals surface area contributed by atoms with Crippen molar-refractivity contribution in [2.24, 2.45) is 0 Å². The van der Waals surface area contributed by atoms with E-state index >= 15 is 0 Å². The average Bonchev–Trinajstić information content (AvgIpc) is 2.56. The Morgan fingerprint density at radius 2 is 1.45 bits per heavy atom. The SMILES string of the molecule is C[P@@](c1ccccc1-c1ccccc1)C1CCCCC1. The molecule has 0 spiro atoms. The second-order valence-corrected chi connectivity index (χ2v) is 8.22. The fourth-order valence-corrected chi connectivity index (χ4v) is 5.75. The van der Waals surface area contributed by atoms with Crippen molar-refractivity contribution in [3.05, 3.63) is 54.6 Å². The third kappa shape index (κ3) is 2.96. The van der Waals surface area contributed by atoms with Crippen molar-refractivity contribution in [3.63, 3.8) is 0 Å². The van der Waals surface area contributed by atoms with Crippen molar-refractivity contribution in [1.82, 2.24) is 0 Å². The van der Waals surface area contributed by atoms with Crippen LogP contribution in [-0.4, -0.2) is 12.3 Å². The molecule has 0 aromatic heterocycles. The van der Waals surface area contributed by atoms with Crippen molar-refractivity contribution in [2.75, 3.05) is 6.66 Å². The smallest absolute Gasteiger partial charge is 0.0107 e. The van der Waals surface area contributed by atoms with Crippen LogP contribution in [0.25, 0.3) is 11.1 Å². The molecule has 1 fully saturated rings. The molecule has 0 radical (unpaired) electrons.